The average Bonchev–Trinajstić information content (AvgIpc) is 2.72. The summed E-state index contributed by atoms with van der Waals surface area (Å²) in [5.74, 6) is 0. The summed E-state index contributed by atoms with van der Waals surface area (Å²) < 4.78 is 45.6. The topological polar surface area (TPSA) is 62.2 Å². The molecule has 8 heteroatoms. The van der Waals surface area contributed by atoms with Crippen molar-refractivity contribution in [2.24, 2.45) is 0 Å². The molecule has 2 N–H and O–H groups in total. The summed E-state index contributed by atoms with van der Waals surface area (Å²) in [5, 5.41) is 0.102. The lowest BCUT2D eigenvalue weighted by Gasteiger charge is -2.18. The fourth-order valence-electron chi connectivity index (χ4n) is 2.19. The molecule has 0 radical (unpaired) electrons. The lowest BCUT2D eigenvalue weighted by molar-refractivity contribution is -0.163. The number of nitrogens with two attached hydrogens (primary N) is 1. The van der Waals surface area contributed by atoms with E-state index >= 15 is 0 Å². The molecule has 0 bridgehead atoms. The second kappa shape index (κ2) is 5.44. The molecule has 2 rings (SSSR count). The van der Waals surface area contributed by atoms with Crippen LogP contribution < -0.4 is 11.3 Å². The third-order valence-electron chi connectivity index (χ3n) is 3.42. The first-order chi connectivity index (χ1) is 9.77. The highest BCUT2D eigenvalue weighted by atomic mass is 19.4. The predicted molar refractivity (Wildman–Crippen MR) is 73.3 cm³/mol. The van der Waals surface area contributed by atoms with Crippen LogP contribution in [0.15, 0.2) is 23.3 Å². The molecule has 116 valence electrons. The summed E-state index contributed by atoms with van der Waals surface area (Å²) >= 11 is 0. The minimum absolute atomic E-state index is 0.102. The van der Waals surface area contributed by atoms with Gasteiger partial charge in [-0.15, -0.1) is 0 Å². The summed E-state index contributed by atoms with van der Waals surface area (Å²) in [7, 11) is 1.53. The van der Waals surface area contributed by atoms with Gasteiger partial charge in [0.15, 0.2) is 0 Å². The van der Waals surface area contributed by atoms with Crippen LogP contribution in [0.3, 0.4) is 0 Å². The van der Waals surface area contributed by atoms with Crippen LogP contribution in [0, 0.1) is 0 Å². The van der Waals surface area contributed by atoms with Gasteiger partial charge in [-0.1, -0.05) is 0 Å². The largest absolute Gasteiger partial charge is 0.408 e. The van der Waals surface area contributed by atoms with E-state index < -0.39 is 17.8 Å². The molecule has 2 heterocycles. The van der Waals surface area contributed by atoms with Gasteiger partial charge < -0.3 is 19.6 Å². The van der Waals surface area contributed by atoms with E-state index in [2.05, 4.69) is 0 Å². The van der Waals surface area contributed by atoms with Gasteiger partial charge in [-0.3, -0.25) is 4.79 Å². The van der Waals surface area contributed by atoms with Crippen molar-refractivity contribution in [1.82, 2.24) is 9.13 Å². The normalized spacial score (nSPS) is 13.8. The number of pyridine rings is 1. The van der Waals surface area contributed by atoms with E-state index in [0.29, 0.717) is 23.2 Å². The van der Waals surface area contributed by atoms with E-state index in [0.717, 1.165) is 13.1 Å². The third-order valence-corrected chi connectivity index (χ3v) is 3.42. The Kier molecular flexibility index (Phi) is 3.99. The van der Waals surface area contributed by atoms with Crippen molar-refractivity contribution < 1.29 is 17.9 Å². The van der Waals surface area contributed by atoms with E-state index in [1.165, 1.54) is 19.4 Å². The minimum atomic E-state index is -4.50. The maximum Gasteiger partial charge on any atom is 0.408 e. The number of fused-ring (bicyclic) bond motifs is 1. The molecule has 2 aromatic rings. The number of hydrogen-bond donors (Lipinski definition) is 1. The van der Waals surface area contributed by atoms with Crippen LogP contribution in [-0.4, -0.2) is 29.0 Å². The van der Waals surface area contributed by atoms with E-state index in [-0.39, 0.29) is 11.1 Å². The number of methoxy groups -OCH3 is 1. The van der Waals surface area contributed by atoms with E-state index in [1.807, 2.05) is 0 Å². The van der Waals surface area contributed by atoms with Crippen LogP contribution in [0.4, 0.5) is 18.9 Å². The van der Waals surface area contributed by atoms with Crippen LogP contribution in [0.2, 0.25) is 0 Å². The Morgan fingerprint density at radius 2 is 2.10 bits per heavy atom. The van der Waals surface area contributed by atoms with E-state index in [9.17, 15) is 18.0 Å². The van der Waals surface area contributed by atoms with Gasteiger partial charge in [-0.25, -0.2) is 0 Å². The number of anilines is 1. The standard InChI is InChI=1S/C13H16F3N3O2/c1-8(13(14,15)16)19-4-3-10-11(12(19)20)9(17)7-18(10)5-6-21-2/h3-4,7-8H,5-6,17H2,1-2H3. The molecule has 0 aromatic carbocycles. The lowest BCUT2D eigenvalue weighted by atomic mass is 10.2. The van der Waals surface area contributed by atoms with Gasteiger partial charge in [-0.2, -0.15) is 13.2 Å². The molecular formula is C13H16F3N3O2. The number of hydrogen-bond acceptors (Lipinski definition) is 3. The second-order valence-electron chi connectivity index (χ2n) is 4.78. The maximum absolute atomic E-state index is 12.8. The monoisotopic (exact) mass is 303 g/mol. The average molecular weight is 303 g/mol. The molecule has 0 saturated carbocycles. The van der Waals surface area contributed by atoms with Crippen molar-refractivity contribution in [1.29, 1.82) is 0 Å². The zero-order valence-corrected chi connectivity index (χ0v) is 11.6. The second-order valence-corrected chi connectivity index (χ2v) is 4.78. The highest BCUT2D eigenvalue weighted by Crippen LogP contribution is 2.30. The van der Waals surface area contributed by atoms with Crippen LogP contribution in [0.25, 0.3) is 10.9 Å². The van der Waals surface area contributed by atoms with Gasteiger partial charge in [0.25, 0.3) is 5.56 Å². The Balaban J connectivity index is 2.58. The first-order valence-electron chi connectivity index (χ1n) is 6.32. The molecule has 2 aromatic heterocycles. The number of nitrogens with zero attached hydrogens (tertiary/aromatic N) is 2. The van der Waals surface area contributed by atoms with Crippen molar-refractivity contribution in [2.45, 2.75) is 25.7 Å². The van der Waals surface area contributed by atoms with E-state index in [1.54, 1.807) is 4.57 Å². The first-order valence-corrected chi connectivity index (χ1v) is 6.32. The summed E-state index contributed by atoms with van der Waals surface area (Å²) in [6.45, 7) is 1.80. The number of nitrogen functional groups attached to an aromatic ring is 1. The highest BCUT2D eigenvalue weighted by Gasteiger charge is 2.38. The van der Waals surface area contributed by atoms with Crippen molar-refractivity contribution in [3.63, 3.8) is 0 Å². The Labute approximate surface area is 118 Å². The Hall–Kier alpha value is -1.96. The molecule has 0 aliphatic rings. The van der Waals surface area contributed by atoms with Gasteiger partial charge in [0.2, 0.25) is 0 Å². The van der Waals surface area contributed by atoms with Crippen molar-refractivity contribution >= 4 is 16.6 Å². The third kappa shape index (κ3) is 2.76. The Morgan fingerprint density at radius 1 is 1.43 bits per heavy atom. The summed E-state index contributed by atoms with van der Waals surface area (Å²) in [6.07, 6.45) is -1.82. The molecule has 0 saturated heterocycles. The van der Waals surface area contributed by atoms with Crippen LogP contribution >= 0.6 is 0 Å². The molecule has 21 heavy (non-hydrogen) atoms. The number of alkyl halides is 3. The number of ether oxygens (including phenoxy) is 1. The van der Waals surface area contributed by atoms with Gasteiger partial charge in [0, 0.05) is 26.0 Å². The fourth-order valence-corrected chi connectivity index (χ4v) is 2.19. The predicted octanol–water partition coefficient (Wildman–Crippen LogP) is 2.15. The van der Waals surface area contributed by atoms with Crippen molar-refractivity contribution in [2.75, 3.05) is 19.5 Å². The van der Waals surface area contributed by atoms with Crippen LogP contribution in [0.1, 0.15) is 13.0 Å². The Morgan fingerprint density at radius 3 is 2.67 bits per heavy atom. The smallest absolute Gasteiger partial charge is 0.397 e. The lowest BCUT2D eigenvalue weighted by Crippen LogP contribution is -2.32. The number of aromatic nitrogens is 2. The van der Waals surface area contributed by atoms with Crippen LogP contribution in [0.5, 0.6) is 0 Å². The molecule has 0 aliphatic carbocycles. The summed E-state index contributed by atoms with van der Waals surface area (Å²) in [5.41, 5.74) is 5.69. The SMILES string of the molecule is COCCn1cc(N)c2c(=O)n(C(C)C(F)(F)F)ccc21. The number of halogens is 3. The van der Waals surface area contributed by atoms with Gasteiger partial charge in [-0.05, 0) is 13.0 Å². The highest BCUT2D eigenvalue weighted by molar-refractivity contribution is 5.91. The molecular weight excluding hydrogens is 287 g/mol. The van der Waals surface area contributed by atoms with Gasteiger partial charge in [0.05, 0.1) is 23.2 Å². The van der Waals surface area contributed by atoms with Crippen molar-refractivity contribution in [3.05, 3.63) is 28.8 Å². The molecule has 5 nitrogen and oxygen atoms in total. The fraction of sp³-hybridized carbons (Fsp3) is 0.462. The summed E-state index contributed by atoms with van der Waals surface area (Å²) in [4.78, 5) is 12.3. The summed E-state index contributed by atoms with van der Waals surface area (Å²) in [6, 6.07) is -0.443. The molecule has 1 atom stereocenters. The maximum atomic E-state index is 12.8. The van der Waals surface area contributed by atoms with Crippen molar-refractivity contribution in [3.8, 4) is 0 Å². The molecule has 0 amide bonds. The first kappa shape index (κ1) is 15.4. The number of rotatable bonds is 4. The van der Waals surface area contributed by atoms with Gasteiger partial charge in [0.1, 0.15) is 6.04 Å². The van der Waals surface area contributed by atoms with Crippen LogP contribution in [-0.2, 0) is 11.3 Å². The Bertz CT molecular complexity index is 703. The molecule has 0 spiro atoms. The molecule has 0 aliphatic heterocycles. The molecule has 1 unspecified atom stereocenters. The molecule has 0 fully saturated rings. The quantitative estimate of drug-likeness (QED) is 0.941. The van der Waals surface area contributed by atoms with E-state index in [4.69, 9.17) is 10.5 Å². The zero-order chi connectivity index (χ0) is 15.8. The zero-order valence-electron chi connectivity index (χ0n) is 11.6. The minimum Gasteiger partial charge on any atom is -0.397 e. The van der Waals surface area contributed by atoms with Gasteiger partial charge >= 0.3 is 6.18 Å².